The lowest BCUT2D eigenvalue weighted by atomic mass is 9.95. The van der Waals surface area contributed by atoms with E-state index < -0.39 is 0 Å². The fourth-order valence-electron chi connectivity index (χ4n) is 3.41. The smallest absolute Gasteiger partial charge is 0.123 e. The van der Waals surface area contributed by atoms with Gasteiger partial charge in [-0.1, -0.05) is 18.0 Å². The van der Waals surface area contributed by atoms with Crippen molar-refractivity contribution in [1.29, 1.82) is 0 Å². The Morgan fingerprint density at radius 1 is 1.29 bits per heavy atom. The first-order valence-electron chi connectivity index (χ1n) is 6.39. The minimum Gasteiger partial charge on any atom is -0.310 e. The molecule has 3 unspecified atom stereocenters. The number of nitrogens with one attached hydrogen (secondary N) is 1. The molecule has 3 rings (SSSR count). The number of hydrogen-bond donors (Lipinski definition) is 1. The average molecular weight is 254 g/mol. The molecule has 2 fully saturated rings. The van der Waals surface area contributed by atoms with E-state index in [1.54, 1.807) is 6.07 Å². The van der Waals surface area contributed by atoms with Crippen molar-refractivity contribution in [2.24, 2.45) is 11.8 Å². The second-order valence-electron chi connectivity index (χ2n) is 5.40. The summed E-state index contributed by atoms with van der Waals surface area (Å²) >= 11 is 6.05. The maximum Gasteiger partial charge on any atom is 0.123 e. The van der Waals surface area contributed by atoms with Crippen LogP contribution in [0.1, 0.15) is 31.2 Å². The molecule has 0 amide bonds. The number of fused-ring (bicyclic) bond motifs is 2. The Hall–Kier alpha value is -0.600. The van der Waals surface area contributed by atoms with Crippen molar-refractivity contribution < 1.29 is 4.39 Å². The molecule has 1 N–H and O–H groups in total. The van der Waals surface area contributed by atoms with Gasteiger partial charge in [0.05, 0.1) is 0 Å². The Morgan fingerprint density at radius 3 is 2.88 bits per heavy atom. The van der Waals surface area contributed by atoms with Gasteiger partial charge in [-0.25, -0.2) is 4.39 Å². The van der Waals surface area contributed by atoms with Crippen LogP contribution >= 0.6 is 11.6 Å². The summed E-state index contributed by atoms with van der Waals surface area (Å²) in [6, 6.07) is 5.19. The summed E-state index contributed by atoms with van der Waals surface area (Å²) in [6.07, 6.45) is 5.44. The van der Waals surface area contributed by atoms with Crippen LogP contribution in [0.3, 0.4) is 0 Å². The maximum atomic E-state index is 13.1. The molecule has 0 saturated heterocycles. The highest BCUT2D eigenvalue weighted by molar-refractivity contribution is 6.31. The minimum absolute atomic E-state index is 0.209. The molecular weight excluding hydrogens is 237 g/mol. The molecule has 3 atom stereocenters. The molecule has 17 heavy (non-hydrogen) atoms. The molecule has 0 heterocycles. The van der Waals surface area contributed by atoms with Crippen molar-refractivity contribution in [3.8, 4) is 0 Å². The lowest BCUT2D eigenvalue weighted by Gasteiger charge is -2.23. The number of hydrogen-bond acceptors (Lipinski definition) is 1. The zero-order chi connectivity index (χ0) is 11.8. The summed E-state index contributed by atoms with van der Waals surface area (Å²) < 4.78 is 13.1. The van der Waals surface area contributed by atoms with E-state index in [1.165, 1.54) is 37.8 Å². The van der Waals surface area contributed by atoms with E-state index in [-0.39, 0.29) is 5.82 Å². The first-order valence-corrected chi connectivity index (χ1v) is 6.77. The predicted octanol–water partition coefficient (Wildman–Crippen LogP) is 3.76. The molecule has 0 aliphatic heterocycles. The first-order chi connectivity index (χ1) is 8.22. The highest BCUT2D eigenvalue weighted by Crippen LogP contribution is 2.44. The molecule has 1 aromatic rings. The topological polar surface area (TPSA) is 12.0 Å². The fraction of sp³-hybridized carbons (Fsp3) is 0.571. The van der Waals surface area contributed by atoms with Gasteiger partial charge in [0.15, 0.2) is 0 Å². The zero-order valence-corrected chi connectivity index (χ0v) is 10.5. The quantitative estimate of drug-likeness (QED) is 0.865. The molecule has 1 nitrogen and oxygen atoms in total. The van der Waals surface area contributed by atoms with Crippen LogP contribution in [0.15, 0.2) is 18.2 Å². The molecule has 2 aliphatic rings. The maximum absolute atomic E-state index is 13.1. The minimum atomic E-state index is -0.209. The fourth-order valence-corrected chi connectivity index (χ4v) is 3.60. The van der Waals surface area contributed by atoms with Crippen molar-refractivity contribution >= 4 is 11.6 Å². The normalized spacial score (nSPS) is 31.1. The SMILES string of the molecule is Fc1ccc(Cl)c(CNC2CC3CCC2C3)c1. The van der Waals surface area contributed by atoms with Crippen molar-refractivity contribution in [3.05, 3.63) is 34.6 Å². The van der Waals surface area contributed by atoms with Crippen LogP contribution in [0, 0.1) is 17.7 Å². The Kier molecular flexibility index (Phi) is 3.10. The van der Waals surface area contributed by atoms with Crippen LogP contribution in [0.25, 0.3) is 0 Å². The van der Waals surface area contributed by atoms with Gasteiger partial charge in [-0.05, 0) is 54.9 Å². The van der Waals surface area contributed by atoms with Crippen molar-refractivity contribution in [2.75, 3.05) is 0 Å². The average Bonchev–Trinajstić information content (AvgIpc) is 2.92. The van der Waals surface area contributed by atoms with E-state index in [9.17, 15) is 4.39 Å². The van der Waals surface area contributed by atoms with Crippen LogP contribution in [-0.2, 0) is 6.54 Å². The van der Waals surface area contributed by atoms with Gasteiger partial charge in [0.2, 0.25) is 0 Å². The van der Waals surface area contributed by atoms with Crippen LogP contribution in [0.5, 0.6) is 0 Å². The molecule has 0 radical (unpaired) electrons. The summed E-state index contributed by atoms with van der Waals surface area (Å²) in [4.78, 5) is 0. The molecule has 1 aromatic carbocycles. The zero-order valence-electron chi connectivity index (χ0n) is 9.76. The molecule has 2 aliphatic carbocycles. The van der Waals surface area contributed by atoms with E-state index in [2.05, 4.69) is 5.32 Å². The molecule has 0 spiro atoms. The largest absolute Gasteiger partial charge is 0.310 e. The van der Waals surface area contributed by atoms with Crippen LogP contribution in [0.2, 0.25) is 5.02 Å². The second kappa shape index (κ2) is 4.58. The molecule has 92 valence electrons. The molecule has 3 heteroatoms. The van der Waals surface area contributed by atoms with Gasteiger partial charge >= 0.3 is 0 Å². The lowest BCUT2D eigenvalue weighted by molar-refractivity contribution is 0.350. The van der Waals surface area contributed by atoms with Crippen LogP contribution in [-0.4, -0.2) is 6.04 Å². The van der Waals surface area contributed by atoms with Crippen molar-refractivity contribution in [2.45, 2.75) is 38.3 Å². The summed E-state index contributed by atoms with van der Waals surface area (Å²) in [6.45, 7) is 0.685. The van der Waals surface area contributed by atoms with E-state index in [0.29, 0.717) is 17.6 Å². The lowest BCUT2D eigenvalue weighted by Crippen LogP contribution is -2.33. The summed E-state index contributed by atoms with van der Waals surface area (Å²) in [7, 11) is 0. The molecule has 0 aromatic heterocycles. The highest BCUT2D eigenvalue weighted by Gasteiger charge is 2.38. The predicted molar refractivity (Wildman–Crippen MR) is 67.5 cm³/mol. The van der Waals surface area contributed by atoms with Crippen LogP contribution < -0.4 is 5.32 Å². The van der Waals surface area contributed by atoms with E-state index in [4.69, 9.17) is 11.6 Å². The monoisotopic (exact) mass is 253 g/mol. The van der Waals surface area contributed by atoms with Gasteiger partial charge in [0.1, 0.15) is 5.82 Å². The van der Waals surface area contributed by atoms with Gasteiger partial charge in [-0.2, -0.15) is 0 Å². The highest BCUT2D eigenvalue weighted by atomic mass is 35.5. The molecule has 2 saturated carbocycles. The first kappa shape index (κ1) is 11.5. The third kappa shape index (κ3) is 2.34. The summed E-state index contributed by atoms with van der Waals surface area (Å²) in [5.41, 5.74) is 0.870. The van der Waals surface area contributed by atoms with Gasteiger partial charge in [-0.15, -0.1) is 0 Å². The third-order valence-electron chi connectivity index (χ3n) is 4.30. The van der Waals surface area contributed by atoms with Gasteiger partial charge in [-0.3, -0.25) is 0 Å². The number of benzene rings is 1. The van der Waals surface area contributed by atoms with Gasteiger partial charge < -0.3 is 5.32 Å². The van der Waals surface area contributed by atoms with Gasteiger partial charge in [0.25, 0.3) is 0 Å². The number of halogens is 2. The Morgan fingerprint density at radius 2 is 2.18 bits per heavy atom. The van der Waals surface area contributed by atoms with E-state index in [0.717, 1.165) is 17.4 Å². The van der Waals surface area contributed by atoms with Crippen molar-refractivity contribution in [1.82, 2.24) is 5.32 Å². The van der Waals surface area contributed by atoms with Gasteiger partial charge in [0, 0.05) is 17.6 Å². The van der Waals surface area contributed by atoms with E-state index in [1.807, 2.05) is 0 Å². The Labute approximate surface area is 106 Å². The standard InChI is InChI=1S/C14H17ClFN/c15-13-4-3-12(16)7-11(13)8-17-14-6-9-1-2-10(14)5-9/h3-4,7,9-10,14,17H,1-2,5-6,8H2. The third-order valence-corrected chi connectivity index (χ3v) is 4.67. The van der Waals surface area contributed by atoms with Crippen molar-refractivity contribution in [3.63, 3.8) is 0 Å². The number of rotatable bonds is 3. The second-order valence-corrected chi connectivity index (χ2v) is 5.81. The summed E-state index contributed by atoms with van der Waals surface area (Å²) in [5, 5.41) is 4.20. The molecule has 2 bridgehead atoms. The van der Waals surface area contributed by atoms with E-state index >= 15 is 0 Å². The Balaban J connectivity index is 1.62. The molecular formula is C14H17ClFN. The summed E-state index contributed by atoms with van der Waals surface area (Å²) in [5.74, 6) is 1.56. The van der Waals surface area contributed by atoms with Crippen LogP contribution in [0.4, 0.5) is 4.39 Å². The Bertz CT molecular complexity index is 421.